The second-order valence-electron chi connectivity index (χ2n) is 11.9. The van der Waals surface area contributed by atoms with Gasteiger partial charge in [-0.25, -0.2) is 0 Å². The van der Waals surface area contributed by atoms with Crippen LogP contribution in [0, 0.1) is 0 Å². The molecule has 4 heterocycles. The molecule has 20 atom stereocenters. The summed E-state index contributed by atoms with van der Waals surface area (Å²) in [7, 11) is 0. The topological polar surface area (TPSA) is 336 Å². The number of rotatable bonds is 10. The van der Waals surface area contributed by atoms with E-state index in [0.29, 0.717) is 0 Å². The van der Waals surface area contributed by atoms with Crippen molar-refractivity contribution in [3.63, 3.8) is 0 Å². The van der Waals surface area contributed by atoms with Crippen LogP contribution in [0.5, 0.6) is 0 Å². The second kappa shape index (κ2) is 16.2. The highest BCUT2D eigenvalue weighted by Gasteiger charge is 2.56. The number of nitrogens with one attached hydrogen (secondary N) is 1. The molecule has 4 saturated heterocycles. The average molecular weight is 692 g/mol. The van der Waals surface area contributed by atoms with E-state index < -0.39 is 148 Å². The molecule has 0 aromatic rings. The second-order valence-corrected chi connectivity index (χ2v) is 11.9. The van der Waals surface area contributed by atoms with Crippen molar-refractivity contribution in [3.8, 4) is 0 Å². The summed E-state index contributed by atoms with van der Waals surface area (Å²) < 4.78 is 39.3. The highest BCUT2D eigenvalue weighted by Crippen LogP contribution is 2.35. The maximum atomic E-state index is 11.7. The lowest BCUT2D eigenvalue weighted by Gasteiger charge is -2.50. The quantitative estimate of drug-likeness (QED) is 0.101. The van der Waals surface area contributed by atoms with Crippen molar-refractivity contribution in [2.45, 2.75) is 137 Å². The third-order valence-corrected chi connectivity index (χ3v) is 8.57. The van der Waals surface area contributed by atoms with E-state index in [1.807, 2.05) is 0 Å². The number of aliphatic hydroxyl groups is 12. The summed E-state index contributed by atoms with van der Waals surface area (Å²) in [6, 6.07) is -1.48. The standard InChI is InChI=1S/C26H45NO20/c1-6-12(32)15(35)17(37)24(41-6)47-22-19(39)21(45-25-18(38)16(36)13(33)8(3-28)43-25)10(5-30)44-26(22)46-20-9(4-29)42-23(40)11(14(20)34)27-7(2)31/h6,8-26,28-30,32-40H,3-5H2,1-2H3,(H,27,31)/t6-,8+,9+,10+,11+,12+,13-,14+,15+,16-,17-,18+,19-,20+,21-,22+,23?,24-,25+,26-/m0/s1. The van der Waals surface area contributed by atoms with E-state index in [-0.39, 0.29) is 0 Å². The summed E-state index contributed by atoms with van der Waals surface area (Å²) in [5.41, 5.74) is 0. The molecule has 21 heteroatoms. The molecule has 1 amide bonds. The zero-order valence-electron chi connectivity index (χ0n) is 25.3. The van der Waals surface area contributed by atoms with Crippen LogP contribution < -0.4 is 5.32 Å². The van der Waals surface area contributed by atoms with Crippen molar-refractivity contribution < 1.29 is 99.2 Å². The number of amides is 1. The Labute approximate surface area is 267 Å². The maximum Gasteiger partial charge on any atom is 0.217 e. The van der Waals surface area contributed by atoms with Crippen molar-refractivity contribution in [3.05, 3.63) is 0 Å². The van der Waals surface area contributed by atoms with Crippen LogP contribution in [0.15, 0.2) is 0 Å². The normalized spacial score (nSPS) is 51.0. The molecule has 1 unspecified atom stereocenters. The fourth-order valence-corrected chi connectivity index (χ4v) is 5.88. The van der Waals surface area contributed by atoms with Crippen LogP contribution in [0.25, 0.3) is 0 Å². The van der Waals surface area contributed by atoms with Gasteiger partial charge in [0.15, 0.2) is 25.2 Å². The Morgan fingerprint density at radius 1 is 0.553 bits per heavy atom. The highest BCUT2D eigenvalue weighted by molar-refractivity contribution is 5.73. The van der Waals surface area contributed by atoms with E-state index >= 15 is 0 Å². The third kappa shape index (κ3) is 8.04. The fraction of sp³-hybridized carbons (Fsp3) is 0.962. The lowest BCUT2D eigenvalue weighted by Crippen LogP contribution is -2.69. The third-order valence-electron chi connectivity index (χ3n) is 8.57. The van der Waals surface area contributed by atoms with E-state index in [2.05, 4.69) is 5.32 Å². The number of ether oxygens (including phenoxy) is 7. The van der Waals surface area contributed by atoms with Gasteiger partial charge in [-0.3, -0.25) is 4.79 Å². The lowest BCUT2D eigenvalue weighted by molar-refractivity contribution is -0.398. The first-order valence-corrected chi connectivity index (χ1v) is 15.0. The Kier molecular flexibility index (Phi) is 13.2. The Morgan fingerprint density at radius 3 is 1.60 bits per heavy atom. The monoisotopic (exact) mass is 691 g/mol. The average Bonchev–Trinajstić information content (AvgIpc) is 3.04. The minimum absolute atomic E-state index is 0.671. The van der Waals surface area contributed by atoms with Crippen LogP contribution in [-0.4, -0.2) is 210 Å². The highest BCUT2D eigenvalue weighted by atomic mass is 16.8. The maximum absolute atomic E-state index is 11.7. The molecule has 4 aliphatic heterocycles. The first kappa shape index (κ1) is 38.5. The molecule has 0 saturated carbocycles. The van der Waals surface area contributed by atoms with Crippen molar-refractivity contribution in [1.29, 1.82) is 0 Å². The summed E-state index contributed by atoms with van der Waals surface area (Å²) in [6.45, 7) is -0.128. The molecule has 0 aliphatic carbocycles. The number of hydrogen-bond donors (Lipinski definition) is 13. The lowest BCUT2D eigenvalue weighted by atomic mass is 9.94. The summed E-state index contributed by atoms with van der Waals surface area (Å²) in [6.07, 6.45) is -32.7. The van der Waals surface area contributed by atoms with Gasteiger partial charge in [-0.05, 0) is 6.92 Å². The summed E-state index contributed by atoms with van der Waals surface area (Å²) in [4.78, 5) is 11.7. The minimum atomic E-state index is -2.00. The molecule has 4 rings (SSSR count). The molecule has 0 spiro atoms. The van der Waals surface area contributed by atoms with E-state index in [9.17, 15) is 66.1 Å². The number of hydrogen-bond acceptors (Lipinski definition) is 20. The van der Waals surface area contributed by atoms with E-state index in [1.165, 1.54) is 6.92 Å². The van der Waals surface area contributed by atoms with Gasteiger partial charge in [-0.2, -0.15) is 0 Å². The van der Waals surface area contributed by atoms with Gasteiger partial charge in [0.25, 0.3) is 0 Å². The predicted octanol–water partition coefficient (Wildman–Crippen LogP) is -8.58. The molecule has 4 fully saturated rings. The molecule has 0 aromatic heterocycles. The van der Waals surface area contributed by atoms with Gasteiger partial charge in [0.05, 0.1) is 25.9 Å². The van der Waals surface area contributed by atoms with E-state index in [1.54, 1.807) is 0 Å². The van der Waals surface area contributed by atoms with Crippen LogP contribution in [0.2, 0.25) is 0 Å². The zero-order chi connectivity index (χ0) is 34.9. The summed E-state index contributed by atoms with van der Waals surface area (Å²) >= 11 is 0. The van der Waals surface area contributed by atoms with Crippen LogP contribution in [0.3, 0.4) is 0 Å². The Bertz CT molecular complexity index is 1010. The molecule has 0 bridgehead atoms. The molecule has 4 aliphatic rings. The molecule has 274 valence electrons. The van der Waals surface area contributed by atoms with Gasteiger partial charge in [0.2, 0.25) is 5.91 Å². The predicted molar refractivity (Wildman–Crippen MR) is 144 cm³/mol. The van der Waals surface area contributed by atoms with Gasteiger partial charge in [0, 0.05) is 6.92 Å². The van der Waals surface area contributed by atoms with Gasteiger partial charge < -0.3 is 99.8 Å². The van der Waals surface area contributed by atoms with E-state index in [0.717, 1.165) is 6.92 Å². The smallest absolute Gasteiger partial charge is 0.217 e. The molecular weight excluding hydrogens is 646 g/mol. The Hall–Kier alpha value is -1.29. The van der Waals surface area contributed by atoms with Crippen molar-refractivity contribution in [2.75, 3.05) is 19.8 Å². The summed E-state index contributed by atoms with van der Waals surface area (Å²) in [5.74, 6) is -0.671. The van der Waals surface area contributed by atoms with Crippen LogP contribution in [0.1, 0.15) is 13.8 Å². The van der Waals surface area contributed by atoms with Crippen molar-refractivity contribution >= 4 is 5.91 Å². The SMILES string of the molecule is CC(=O)N[C@H]1C(O)O[C@H](CO)[C@@H](O[C@@H]2O[C@H](CO)[C@H](O[C@H]3O[C@H](CO)[C@H](O)[C@H](O)[C@H]3O)[C@H](O)[C@H]2O[C@@H]2O[C@@H](C)[C@@H](O)[C@@H](O)[C@@H]2O)[C@@H]1O. The first-order valence-electron chi connectivity index (χ1n) is 15.0. The zero-order valence-corrected chi connectivity index (χ0v) is 25.3. The van der Waals surface area contributed by atoms with E-state index in [4.69, 9.17) is 33.2 Å². The molecular formula is C26H45NO20. The first-order chi connectivity index (χ1) is 22.1. The largest absolute Gasteiger partial charge is 0.394 e. The fourth-order valence-electron chi connectivity index (χ4n) is 5.88. The van der Waals surface area contributed by atoms with Crippen LogP contribution >= 0.6 is 0 Å². The molecule has 21 nitrogen and oxygen atoms in total. The number of carbonyl (C=O) groups excluding carboxylic acids is 1. The molecule has 0 radical (unpaired) electrons. The molecule has 0 aromatic carbocycles. The van der Waals surface area contributed by atoms with Crippen molar-refractivity contribution in [1.82, 2.24) is 5.32 Å². The van der Waals surface area contributed by atoms with Crippen LogP contribution in [-0.2, 0) is 38.0 Å². The Morgan fingerprint density at radius 2 is 1.02 bits per heavy atom. The number of carbonyl (C=O) groups is 1. The molecule has 47 heavy (non-hydrogen) atoms. The van der Waals surface area contributed by atoms with Gasteiger partial charge in [-0.1, -0.05) is 0 Å². The minimum Gasteiger partial charge on any atom is -0.394 e. The number of aliphatic hydroxyl groups excluding tert-OH is 12. The van der Waals surface area contributed by atoms with Gasteiger partial charge >= 0.3 is 0 Å². The summed E-state index contributed by atoms with van der Waals surface area (Å²) in [5, 5.41) is 127. The van der Waals surface area contributed by atoms with Crippen molar-refractivity contribution in [2.24, 2.45) is 0 Å². The Balaban J connectivity index is 1.65. The molecule has 13 N–H and O–H groups in total. The van der Waals surface area contributed by atoms with Gasteiger partial charge in [-0.15, -0.1) is 0 Å². The van der Waals surface area contributed by atoms with Gasteiger partial charge in [0.1, 0.15) is 91.5 Å². The van der Waals surface area contributed by atoms with Crippen LogP contribution in [0.4, 0.5) is 0 Å².